The average Bonchev–Trinajstić information content (AvgIpc) is 2.50. The van der Waals surface area contributed by atoms with E-state index in [0.29, 0.717) is 19.4 Å². The average molecular weight is 319 g/mol. The highest BCUT2D eigenvalue weighted by atomic mass is 16.5. The predicted octanol–water partition coefficient (Wildman–Crippen LogP) is 2.45. The van der Waals surface area contributed by atoms with Crippen LogP contribution in [0.1, 0.15) is 41.5 Å². The van der Waals surface area contributed by atoms with E-state index < -0.39 is 6.10 Å². The highest BCUT2D eigenvalue weighted by molar-refractivity contribution is 5.78. The smallest absolute Gasteiger partial charge is 0.223 e. The molecule has 0 unspecified atom stereocenters. The summed E-state index contributed by atoms with van der Waals surface area (Å²) in [4.78, 5) is 12.3. The van der Waals surface area contributed by atoms with Crippen LogP contribution in [0.2, 0.25) is 0 Å². The number of methoxy groups -OCH3 is 1. The number of aryl methyl sites for hydroxylation is 3. The number of aliphatic hydroxyl groups is 1. The van der Waals surface area contributed by atoms with Crippen LogP contribution in [0.3, 0.4) is 0 Å². The van der Waals surface area contributed by atoms with E-state index in [1.807, 2.05) is 0 Å². The fourth-order valence-electron chi connectivity index (χ4n) is 3.66. The Kier molecular flexibility index (Phi) is 6.19. The molecule has 0 radical (unpaired) electrons. The van der Waals surface area contributed by atoms with Crippen LogP contribution in [0.25, 0.3) is 0 Å². The Bertz CT molecular complexity index is 533. The minimum absolute atomic E-state index is 0.0523. The van der Waals surface area contributed by atoms with Gasteiger partial charge in [-0.15, -0.1) is 0 Å². The minimum Gasteiger partial charge on any atom is -0.390 e. The van der Waals surface area contributed by atoms with E-state index in [9.17, 15) is 9.90 Å². The maximum atomic E-state index is 12.3. The number of carbonyl (C=O) groups excluding carboxylic acids is 1. The van der Waals surface area contributed by atoms with Gasteiger partial charge in [-0.1, -0.05) is 17.7 Å². The van der Waals surface area contributed by atoms with Crippen LogP contribution in [0.15, 0.2) is 12.1 Å². The molecule has 1 aromatic rings. The van der Waals surface area contributed by atoms with Crippen LogP contribution < -0.4 is 5.32 Å². The third-order valence-electron chi connectivity index (χ3n) is 4.95. The standard InChI is InChI=1S/C19H29NO3/c1-12-9-13(2)16(14(3)10-12)7-8-20-19(22)15-5-6-17(21)18(11-15)23-4/h9-10,15,17-18,21H,5-8,11H2,1-4H3,(H,20,22)/t15-,17+,18-/m1/s1. The summed E-state index contributed by atoms with van der Waals surface area (Å²) >= 11 is 0. The molecule has 1 fully saturated rings. The Morgan fingerprint density at radius 2 is 1.91 bits per heavy atom. The van der Waals surface area contributed by atoms with Crippen molar-refractivity contribution >= 4 is 5.91 Å². The molecule has 128 valence electrons. The molecule has 0 aliphatic heterocycles. The Morgan fingerprint density at radius 1 is 1.26 bits per heavy atom. The molecule has 4 nitrogen and oxygen atoms in total. The van der Waals surface area contributed by atoms with E-state index in [4.69, 9.17) is 4.74 Å². The summed E-state index contributed by atoms with van der Waals surface area (Å²) in [6.07, 6.45) is 2.16. The number of amides is 1. The molecule has 0 saturated heterocycles. The van der Waals surface area contributed by atoms with Crippen molar-refractivity contribution in [3.8, 4) is 0 Å². The molecule has 3 atom stereocenters. The maximum absolute atomic E-state index is 12.3. The van der Waals surface area contributed by atoms with E-state index >= 15 is 0 Å². The molecule has 0 aromatic heterocycles. The van der Waals surface area contributed by atoms with Gasteiger partial charge in [0.15, 0.2) is 0 Å². The van der Waals surface area contributed by atoms with Gasteiger partial charge in [-0.05, 0) is 63.1 Å². The first kappa shape index (κ1) is 18.0. The van der Waals surface area contributed by atoms with E-state index in [1.165, 1.54) is 22.3 Å². The number of nitrogens with one attached hydrogen (secondary N) is 1. The third kappa shape index (κ3) is 4.55. The molecular formula is C19H29NO3. The molecule has 1 saturated carbocycles. The van der Waals surface area contributed by atoms with Crippen LogP contribution >= 0.6 is 0 Å². The Balaban J connectivity index is 1.86. The largest absolute Gasteiger partial charge is 0.390 e. The van der Waals surface area contributed by atoms with Crippen molar-refractivity contribution < 1.29 is 14.6 Å². The molecule has 0 spiro atoms. The zero-order valence-corrected chi connectivity index (χ0v) is 14.7. The molecule has 0 bridgehead atoms. The lowest BCUT2D eigenvalue weighted by molar-refractivity contribution is -0.130. The number of aliphatic hydroxyl groups excluding tert-OH is 1. The number of benzene rings is 1. The fraction of sp³-hybridized carbons (Fsp3) is 0.632. The number of ether oxygens (including phenoxy) is 1. The topological polar surface area (TPSA) is 58.6 Å². The first-order valence-corrected chi connectivity index (χ1v) is 8.47. The van der Waals surface area contributed by atoms with Gasteiger partial charge in [-0.2, -0.15) is 0 Å². The van der Waals surface area contributed by atoms with Gasteiger partial charge in [0.2, 0.25) is 5.91 Å². The van der Waals surface area contributed by atoms with Crippen molar-refractivity contribution in [3.63, 3.8) is 0 Å². The summed E-state index contributed by atoms with van der Waals surface area (Å²) in [7, 11) is 1.59. The Hall–Kier alpha value is -1.39. The van der Waals surface area contributed by atoms with Crippen molar-refractivity contribution in [1.82, 2.24) is 5.32 Å². The van der Waals surface area contributed by atoms with Gasteiger partial charge >= 0.3 is 0 Å². The predicted molar refractivity (Wildman–Crippen MR) is 91.5 cm³/mol. The second-order valence-electron chi connectivity index (χ2n) is 6.77. The summed E-state index contributed by atoms with van der Waals surface area (Å²) < 4.78 is 5.27. The van der Waals surface area contributed by atoms with Gasteiger partial charge in [0.25, 0.3) is 0 Å². The molecule has 1 aliphatic carbocycles. The van der Waals surface area contributed by atoms with Crippen molar-refractivity contribution in [3.05, 3.63) is 34.4 Å². The number of rotatable bonds is 5. The number of hydrogen-bond donors (Lipinski definition) is 2. The second kappa shape index (κ2) is 7.93. The van der Waals surface area contributed by atoms with Crippen LogP contribution in [0.4, 0.5) is 0 Å². The number of carbonyl (C=O) groups is 1. The number of hydrogen-bond acceptors (Lipinski definition) is 3. The second-order valence-corrected chi connectivity index (χ2v) is 6.77. The lowest BCUT2D eigenvalue weighted by Crippen LogP contribution is -2.41. The van der Waals surface area contributed by atoms with Crippen molar-refractivity contribution in [1.29, 1.82) is 0 Å². The summed E-state index contributed by atoms with van der Waals surface area (Å²) in [5.41, 5.74) is 5.18. The van der Waals surface area contributed by atoms with Crippen molar-refractivity contribution in [2.75, 3.05) is 13.7 Å². The molecule has 0 heterocycles. The van der Waals surface area contributed by atoms with Gasteiger partial charge in [-0.25, -0.2) is 0 Å². The van der Waals surface area contributed by atoms with E-state index in [-0.39, 0.29) is 17.9 Å². The minimum atomic E-state index is -0.443. The zero-order valence-electron chi connectivity index (χ0n) is 14.7. The Labute approximate surface area is 139 Å². The van der Waals surface area contributed by atoms with Crippen molar-refractivity contribution in [2.45, 2.75) is 58.7 Å². The first-order valence-electron chi connectivity index (χ1n) is 8.47. The van der Waals surface area contributed by atoms with Gasteiger partial charge in [0.1, 0.15) is 0 Å². The Morgan fingerprint density at radius 3 is 2.52 bits per heavy atom. The molecule has 2 N–H and O–H groups in total. The summed E-state index contributed by atoms with van der Waals surface area (Å²) in [6, 6.07) is 4.38. The van der Waals surface area contributed by atoms with E-state index in [0.717, 1.165) is 12.8 Å². The first-order chi connectivity index (χ1) is 10.9. The summed E-state index contributed by atoms with van der Waals surface area (Å²) in [5, 5.41) is 12.9. The molecule has 23 heavy (non-hydrogen) atoms. The van der Waals surface area contributed by atoms with Gasteiger partial charge in [-0.3, -0.25) is 4.79 Å². The third-order valence-corrected chi connectivity index (χ3v) is 4.95. The van der Waals surface area contributed by atoms with Crippen LogP contribution in [-0.2, 0) is 16.0 Å². The SMILES string of the molecule is CO[C@@H]1C[C@H](C(=O)NCCc2c(C)cc(C)cc2C)CC[C@@H]1O. The molecule has 1 aromatic carbocycles. The van der Waals surface area contributed by atoms with E-state index in [2.05, 4.69) is 38.2 Å². The van der Waals surface area contributed by atoms with Gasteiger partial charge in [0.05, 0.1) is 12.2 Å². The molecule has 4 heteroatoms. The van der Waals surface area contributed by atoms with Gasteiger partial charge < -0.3 is 15.2 Å². The van der Waals surface area contributed by atoms with Crippen molar-refractivity contribution in [2.24, 2.45) is 5.92 Å². The van der Waals surface area contributed by atoms with Crippen LogP contribution in [0.5, 0.6) is 0 Å². The quantitative estimate of drug-likeness (QED) is 0.876. The lowest BCUT2D eigenvalue weighted by atomic mass is 9.84. The molecular weight excluding hydrogens is 290 g/mol. The van der Waals surface area contributed by atoms with Crippen LogP contribution in [-0.4, -0.2) is 36.9 Å². The highest BCUT2D eigenvalue weighted by Gasteiger charge is 2.32. The van der Waals surface area contributed by atoms with Gasteiger partial charge in [0, 0.05) is 19.6 Å². The fourth-order valence-corrected chi connectivity index (χ4v) is 3.66. The summed E-state index contributed by atoms with van der Waals surface area (Å²) in [5.74, 6) is 0.0323. The highest BCUT2D eigenvalue weighted by Crippen LogP contribution is 2.26. The normalized spacial score (nSPS) is 24.5. The monoisotopic (exact) mass is 319 g/mol. The zero-order chi connectivity index (χ0) is 17.0. The van der Waals surface area contributed by atoms with E-state index in [1.54, 1.807) is 7.11 Å². The summed E-state index contributed by atoms with van der Waals surface area (Å²) in [6.45, 7) is 7.02. The molecule has 1 amide bonds. The molecule has 2 rings (SSSR count). The lowest BCUT2D eigenvalue weighted by Gasteiger charge is -2.31. The van der Waals surface area contributed by atoms with Crippen LogP contribution in [0, 0.1) is 26.7 Å². The maximum Gasteiger partial charge on any atom is 0.223 e. The molecule has 1 aliphatic rings.